The number of alkyl halides is 2. The van der Waals surface area contributed by atoms with Crippen LogP contribution in [0.25, 0.3) is 33.4 Å². The van der Waals surface area contributed by atoms with Gasteiger partial charge in [-0.05, 0) is 139 Å². The molecule has 2 aliphatic carbocycles. The predicted octanol–water partition coefficient (Wildman–Crippen LogP) is 15.0. The third-order valence-corrected chi connectivity index (χ3v) is 16.1. The van der Waals surface area contributed by atoms with E-state index < -0.39 is 8.99 Å². The molecule has 0 saturated carbocycles. The molecule has 57 heavy (non-hydrogen) atoms. The first-order valence-electron chi connectivity index (χ1n) is 20.4. The highest BCUT2D eigenvalue weighted by atomic mass is 35.5. The monoisotopic (exact) mass is 818 g/mol. The molecule has 302 valence electrons. The largest absolute Gasteiger partial charge is 0.496 e. The number of ether oxygens (including phenoxy) is 2. The summed E-state index contributed by atoms with van der Waals surface area (Å²) in [6.07, 6.45) is 0. The van der Waals surface area contributed by atoms with E-state index in [0.29, 0.717) is 0 Å². The number of allylic oxidation sites excluding steroid dienone is 4. The second-order valence-corrected chi connectivity index (χ2v) is 24.2. The maximum atomic E-state index is 8.27. The lowest BCUT2D eigenvalue weighted by atomic mass is 9.78. The summed E-state index contributed by atoms with van der Waals surface area (Å²) in [5, 5.41) is 0. The van der Waals surface area contributed by atoms with Crippen molar-refractivity contribution in [3.05, 3.63) is 116 Å². The van der Waals surface area contributed by atoms with E-state index in [1.165, 1.54) is 55.7 Å². The Morgan fingerprint density at radius 2 is 0.737 bits per heavy atom. The van der Waals surface area contributed by atoms with Crippen LogP contribution in [0.4, 0.5) is 0 Å². The summed E-state index contributed by atoms with van der Waals surface area (Å²) in [6, 6.07) is 22.9. The Bertz CT molecular complexity index is 2120. The Kier molecular flexibility index (Phi) is 10.8. The number of hydrogen-bond donors (Lipinski definition) is 0. The molecular weight excluding hydrogens is 756 g/mol. The van der Waals surface area contributed by atoms with E-state index in [-0.39, 0.29) is 31.2 Å². The van der Waals surface area contributed by atoms with Crippen molar-refractivity contribution < 1.29 is 9.47 Å². The minimum atomic E-state index is -0.938. The minimum Gasteiger partial charge on any atom is -0.496 e. The molecule has 2 aliphatic rings. The molecule has 0 N–H and O–H groups in total. The van der Waals surface area contributed by atoms with Crippen LogP contribution in [-0.2, 0) is 30.7 Å². The zero-order chi connectivity index (χ0) is 42.6. The van der Waals surface area contributed by atoms with Gasteiger partial charge in [0.25, 0.3) is 0 Å². The Morgan fingerprint density at radius 3 is 0.982 bits per heavy atom. The summed E-state index contributed by atoms with van der Waals surface area (Å²) in [4.78, 5) is 0. The maximum Gasteiger partial charge on any atom is 0.124 e. The molecule has 0 saturated heterocycles. The summed E-state index contributed by atoms with van der Waals surface area (Å²) in [7, 11) is 3.53. The van der Waals surface area contributed by atoms with E-state index in [1.807, 2.05) is 0 Å². The van der Waals surface area contributed by atoms with Crippen LogP contribution >= 0.6 is 23.2 Å². The smallest absolute Gasteiger partial charge is 0.124 e. The van der Waals surface area contributed by atoms with Gasteiger partial charge in [-0.2, -0.15) is 0 Å². The Hall–Kier alpha value is -3.24. The lowest BCUT2D eigenvalue weighted by Crippen LogP contribution is -2.40. The maximum absolute atomic E-state index is 8.27. The van der Waals surface area contributed by atoms with Crippen molar-refractivity contribution >= 4 is 43.9 Å². The third kappa shape index (κ3) is 7.27. The Balaban J connectivity index is 1.60. The molecule has 0 amide bonds. The van der Waals surface area contributed by atoms with Gasteiger partial charge in [0.2, 0.25) is 0 Å². The fraction of sp³-hybridized carbons (Fsp3) is 0.462. The van der Waals surface area contributed by atoms with E-state index in [2.05, 4.69) is 171 Å². The molecule has 0 spiro atoms. The molecule has 2 unspecified atom stereocenters. The molecule has 6 rings (SSSR count). The molecule has 4 aromatic rings. The number of hydrogen-bond acceptors (Lipinski definition) is 2. The van der Waals surface area contributed by atoms with Crippen molar-refractivity contribution in [1.29, 1.82) is 0 Å². The second kappa shape index (κ2) is 14.2. The van der Waals surface area contributed by atoms with Gasteiger partial charge in [-0.3, -0.25) is 0 Å². The van der Waals surface area contributed by atoms with E-state index in [1.54, 1.807) is 14.2 Å². The number of benzene rings is 4. The van der Waals surface area contributed by atoms with E-state index in [0.717, 1.165) is 44.9 Å². The molecule has 2 atom stereocenters. The number of halogens is 2. The first-order chi connectivity index (χ1) is 26.1. The third-order valence-electron chi connectivity index (χ3n) is 12.7. The number of rotatable bonds is 6. The van der Waals surface area contributed by atoms with Crippen LogP contribution in [0.1, 0.15) is 155 Å². The van der Waals surface area contributed by atoms with Crippen LogP contribution in [0.3, 0.4) is 0 Å². The molecule has 4 aromatic carbocycles. The van der Waals surface area contributed by atoms with Crippen LogP contribution in [0.5, 0.6) is 11.5 Å². The molecule has 2 nitrogen and oxygen atoms in total. The van der Waals surface area contributed by atoms with Gasteiger partial charge < -0.3 is 9.47 Å². The highest BCUT2D eigenvalue weighted by Crippen LogP contribution is 2.62. The van der Waals surface area contributed by atoms with E-state index >= 15 is 0 Å². The summed E-state index contributed by atoms with van der Waals surface area (Å²) in [6.45, 7) is 36.3. The van der Waals surface area contributed by atoms with Crippen LogP contribution in [0.2, 0.25) is 0 Å². The average Bonchev–Trinajstić information content (AvgIpc) is 3.44. The Labute approximate surface area is 357 Å². The zero-order valence-electron chi connectivity index (χ0n) is 37.8. The molecule has 0 aromatic heterocycles. The van der Waals surface area contributed by atoms with Gasteiger partial charge in [0, 0.05) is 11.1 Å². The number of methoxy groups -OCH3 is 2. The number of fused-ring (bicyclic) bond motifs is 2. The van der Waals surface area contributed by atoms with Gasteiger partial charge in [-0.1, -0.05) is 132 Å². The normalized spacial score (nSPS) is 20.0. The Morgan fingerprint density at radius 1 is 0.456 bits per heavy atom. The molecule has 0 heterocycles. The zero-order valence-corrected chi connectivity index (χ0v) is 40.4. The van der Waals surface area contributed by atoms with Crippen LogP contribution in [0, 0.1) is 0 Å². The first-order valence-corrected chi connectivity index (χ1v) is 22.1. The fourth-order valence-electron chi connectivity index (χ4n) is 8.57. The second-order valence-electron chi connectivity index (χ2n) is 20.7. The quantitative estimate of drug-likeness (QED) is 0.143. The van der Waals surface area contributed by atoms with Gasteiger partial charge in [-0.15, -0.1) is 23.2 Å². The predicted molar refractivity (Wildman–Crippen MR) is 249 cm³/mol. The van der Waals surface area contributed by atoms with Crippen molar-refractivity contribution in [2.75, 3.05) is 14.2 Å². The van der Waals surface area contributed by atoms with E-state index in [4.69, 9.17) is 32.7 Å². The first kappa shape index (κ1) is 43.3. The molecular formula is C52H64Cl2O2Si. The van der Waals surface area contributed by atoms with Crippen LogP contribution < -0.4 is 9.47 Å². The molecule has 0 fully saturated rings. The molecule has 0 aliphatic heterocycles. The highest BCUT2D eigenvalue weighted by molar-refractivity contribution is 6.70. The summed E-state index contributed by atoms with van der Waals surface area (Å²) < 4.78 is 10.6. The standard InChI is InChI=1S/C52H64Cl2O2Si/c1-29-31(3)51(53,45-41(55-17)21-19-39(43(29)45)33-23-35(47(5,6)7)27-36(24-33)48(8,9)10)57-52(54)32(4)30(2)44-40(20-22-42(56-18)46(44)52)34-25-37(49(11,12)13)28-38(26-34)50(14,15)16/h19-28H,1-18H3. The lowest BCUT2D eigenvalue weighted by Gasteiger charge is -2.36. The molecule has 2 radical (unpaired) electrons. The molecule has 5 heteroatoms. The lowest BCUT2D eigenvalue weighted by molar-refractivity contribution is 0.408. The SMILES string of the molecule is COc1ccc(-c2cc(C(C)(C)C)cc(C(C)(C)C)c2)c2c1C(Cl)([Si]C1(Cl)C(C)=C(C)c3c(-c4cc(C(C)(C)C)cc(C(C)(C)C)c4)ccc(OC)c31)C(C)=C2C. The van der Waals surface area contributed by atoms with Crippen molar-refractivity contribution in [3.63, 3.8) is 0 Å². The van der Waals surface area contributed by atoms with Gasteiger partial charge in [0.15, 0.2) is 0 Å². The van der Waals surface area contributed by atoms with Gasteiger partial charge in [0.1, 0.15) is 21.0 Å². The topological polar surface area (TPSA) is 18.5 Å². The van der Waals surface area contributed by atoms with Gasteiger partial charge >= 0.3 is 0 Å². The van der Waals surface area contributed by atoms with Crippen LogP contribution in [-0.4, -0.2) is 23.7 Å². The average molecular weight is 820 g/mol. The van der Waals surface area contributed by atoms with Gasteiger partial charge in [-0.25, -0.2) is 0 Å². The van der Waals surface area contributed by atoms with Crippen molar-refractivity contribution in [1.82, 2.24) is 0 Å². The minimum absolute atomic E-state index is 0.0209. The fourth-order valence-corrected chi connectivity index (χ4v) is 12.2. The van der Waals surface area contributed by atoms with Crippen molar-refractivity contribution in [2.24, 2.45) is 0 Å². The van der Waals surface area contributed by atoms with Crippen molar-refractivity contribution in [3.8, 4) is 33.8 Å². The molecule has 0 bridgehead atoms. The summed E-state index contributed by atoms with van der Waals surface area (Å²) >= 11 is 16.5. The van der Waals surface area contributed by atoms with Crippen LogP contribution in [0.15, 0.2) is 71.8 Å². The van der Waals surface area contributed by atoms with Crippen molar-refractivity contribution in [2.45, 2.75) is 141 Å². The van der Waals surface area contributed by atoms with E-state index in [9.17, 15) is 0 Å². The highest BCUT2D eigenvalue weighted by Gasteiger charge is 2.54. The van der Waals surface area contributed by atoms with Gasteiger partial charge in [0.05, 0.1) is 23.2 Å². The summed E-state index contributed by atoms with van der Waals surface area (Å²) in [5.41, 5.74) is 18.7. The summed E-state index contributed by atoms with van der Waals surface area (Å²) in [5.74, 6) is 1.56.